The van der Waals surface area contributed by atoms with Crippen LogP contribution < -0.4 is 5.32 Å². The zero-order valence-electron chi connectivity index (χ0n) is 15.3. The molecule has 0 spiro atoms. The highest BCUT2D eigenvalue weighted by Gasteiger charge is 2.21. The summed E-state index contributed by atoms with van der Waals surface area (Å²) in [5.74, 6) is 0.669. The Morgan fingerprint density at radius 1 is 1.20 bits per heavy atom. The highest BCUT2D eigenvalue weighted by atomic mass is 32.2. The normalized spacial score (nSPS) is 17.9. The van der Waals surface area contributed by atoms with Crippen LogP contribution in [0.5, 0.6) is 0 Å². The fourth-order valence-corrected chi connectivity index (χ4v) is 4.08. The Balaban J connectivity index is 1.61. The van der Waals surface area contributed by atoms with Crippen LogP contribution in [0.4, 0.5) is 0 Å². The van der Waals surface area contributed by atoms with Crippen molar-refractivity contribution in [3.63, 3.8) is 0 Å². The van der Waals surface area contributed by atoms with Crippen molar-refractivity contribution >= 4 is 23.4 Å². The second kappa shape index (κ2) is 8.17. The number of nitrogens with one attached hydrogen (secondary N) is 1. The number of aryl methyl sites for hydroxylation is 2. The van der Waals surface area contributed by atoms with Crippen LogP contribution in [0.1, 0.15) is 63.3 Å². The Labute approximate surface area is 153 Å². The lowest BCUT2D eigenvalue weighted by atomic mass is 9.97. The summed E-state index contributed by atoms with van der Waals surface area (Å²) in [5, 5.41) is 8.08. The molecule has 7 heteroatoms. The molecule has 0 bridgehead atoms. The van der Waals surface area contributed by atoms with Crippen molar-refractivity contribution in [2.24, 2.45) is 0 Å². The van der Waals surface area contributed by atoms with Crippen molar-refractivity contribution in [1.82, 2.24) is 24.9 Å². The maximum Gasteiger partial charge on any atom is 0.253 e. The predicted octanol–water partition coefficient (Wildman–Crippen LogP) is 3.45. The van der Waals surface area contributed by atoms with Gasteiger partial charge >= 0.3 is 0 Å². The Hall–Kier alpha value is -1.63. The SMILES string of the molecule is Cc1cc(C)n2nc(SC(C)C(=O)NC3CCCCCCC3)nc2n1. The average Bonchev–Trinajstić information content (AvgIpc) is 2.92. The smallest absolute Gasteiger partial charge is 0.253 e. The summed E-state index contributed by atoms with van der Waals surface area (Å²) in [5.41, 5.74) is 1.91. The molecule has 6 nitrogen and oxygen atoms in total. The van der Waals surface area contributed by atoms with E-state index in [1.54, 1.807) is 4.52 Å². The Morgan fingerprint density at radius 3 is 2.60 bits per heavy atom. The highest BCUT2D eigenvalue weighted by Crippen LogP contribution is 2.22. The van der Waals surface area contributed by atoms with E-state index in [1.807, 2.05) is 26.8 Å². The van der Waals surface area contributed by atoms with Crippen molar-refractivity contribution in [2.75, 3.05) is 0 Å². The Morgan fingerprint density at radius 2 is 1.88 bits per heavy atom. The van der Waals surface area contributed by atoms with Gasteiger partial charge in [-0.25, -0.2) is 9.50 Å². The number of thioether (sulfide) groups is 1. The number of nitrogens with zero attached hydrogens (tertiary/aromatic N) is 4. The van der Waals surface area contributed by atoms with Gasteiger partial charge in [-0.1, -0.05) is 43.9 Å². The number of carbonyl (C=O) groups excluding carboxylic acids is 1. The van der Waals surface area contributed by atoms with E-state index < -0.39 is 0 Å². The maximum absolute atomic E-state index is 12.5. The summed E-state index contributed by atoms with van der Waals surface area (Å²) in [6.45, 7) is 5.84. The largest absolute Gasteiger partial charge is 0.352 e. The van der Waals surface area contributed by atoms with E-state index in [0.29, 0.717) is 17.0 Å². The Bertz CT molecular complexity index is 736. The molecule has 0 radical (unpaired) electrons. The molecule has 2 aromatic heterocycles. The van der Waals surface area contributed by atoms with Gasteiger partial charge in [0.1, 0.15) is 0 Å². The monoisotopic (exact) mass is 361 g/mol. The summed E-state index contributed by atoms with van der Waals surface area (Å²) in [6, 6.07) is 2.29. The minimum atomic E-state index is -0.218. The number of hydrogen-bond acceptors (Lipinski definition) is 5. The van der Waals surface area contributed by atoms with Gasteiger partial charge in [-0.3, -0.25) is 4.79 Å². The van der Waals surface area contributed by atoms with Crippen molar-refractivity contribution in [1.29, 1.82) is 0 Å². The van der Waals surface area contributed by atoms with Crippen molar-refractivity contribution in [3.05, 3.63) is 17.5 Å². The second-order valence-corrected chi connectivity index (χ2v) is 8.26. The molecule has 1 amide bonds. The molecule has 1 atom stereocenters. The first-order valence-electron chi connectivity index (χ1n) is 9.21. The maximum atomic E-state index is 12.5. The Kier molecular flexibility index (Phi) is 5.93. The lowest BCUT2D eigenvalue weighted by Gasteiger charge is -2.22. The third-order valence-electron chi connectivity index (χ3n) is 4.70. The molecule has 1 saturated carbocycles. The zero-order valence-corrected chi connectivity index (χ0v) is 16.1. The van der Waals surface area contributed by atoms with E-state index in [0.717, 1.165) is 24.2 Å². The van der Waals surface area contributed by atoms with E-state index in [-0.39, 0.29) is 11.2 Å². The lowest BCUT2D eigenvalue weighted by Crippen LogP contribution is -2.39. The number of aromatic nitrogens is 4. The molecule has 1 aliphatic rings. The minimum Gasteiger partial charge on any atom is -0.352 e. The van der Waals surface area contributed by atoms with E-state index in [9.17, 15) is 4.79 Å². The molecule has 0 aliphatic heterocycles. The summed E-state index contributed by atoms with van der Waals surface area (Å²) in [6.07, 6.45) is 8.52. The van der Waals surface area contributed by atoms with Crippen molar-refractivity contribution < 1.29 is 4.79 Å². The molecular weight excluding hydrogens is 334 g/mol. The van der Waals surface area contributed by atoms with Gasteiger partial charge in [-0.05, 0) is 39.7 Å². The van der Waals surface area contributed by atoms with E-state index in [1.165, 1.54) is 43.9 Å². The number of rotatable bonds is 4. The van der Waals surface area contributed by atoms with Gasteiger partial charge < -0.3 is 5.32 Å². The van der Waals surface area contributed by atoms with Crippen LogP contribution in [0, 0.1) is 13.8 Å². The molecule has 25 heavy (non-hydrogen) atoms. The van der Waals surface area contributed by atoms with Gasteiger partial charge in [0.2, 0.25) is 11.1 Å². The van der Waals surface area contributed by atoms with Crippen LogP contribution in [0.2, 0.25) is 0 Å². The summed E-state index contributed by atoms with van der Waals surface area (Å²) < 4.78 is 1.73. The van der Waals surface area contributed by atoms with Gasteiger partial charge in [-0.15, -0.1) is 5.10 Å². The molecule has 0 saturated heterocycles. The van der Waals surface area contributed by atoms with Gasteiger partial charge in [0, 0.05) is 17.4 Å². The quantitative estimate of drug-likeness (QED) is 0.845. The highest BCUT2D eigenvalue weighted by molar-refractivity contribution is 8.00. The third kappa shape index (κ3) is 4.71. The molecule has 1 N–H and O–H groups in total. The van der Waals surface area contributed by atoms with Crippen LogP contribution in [-0.4, -0.2) is 36.8 Å². The fraction of sp³-hybridized carbons (Fsp3) is 0.667. The summed E-state index contributed by atoms with van der Waals surface area (Å²) in [4.78, 5) is 21.4. The van der Waals surface area contributed by atoms with Crippen molar-refractivity contribution in [3.8, 4) is 0 Å². The first kappa shape index (κ1) is 18.2. The second-order valence-electron chi connectivity index (χ2n) is 6.96. The van der Waals surface area contributed by atoms with Crippen molar-refractivity contribution in [2.45, 2.75) is 82.2 Å². The lowest BCUT2D eigenvalue weighted by molar-refractivity contribution is -0.121. The fourth-order valence-electron chi connectivity index (χ4n) is 3.33. The van der Waals surface area contributed by atoms with E-state index in [4.69, 9.17) is 0 Å². The molecule has 0 aromatic carbocycles. The zero-order chi connectivity index (χ0) is 17.8. The summed E-state index contributed by atoms with van der Waals surface area (Å²) >= 11 is 1.39. The van der Waals surface area contributed by atoms with Gasteiger partial charge in [-0.2, -0.15) is 4.98 Å². The van der Waals surface area contributed by atoms with Gasteiger partial charge in [0.25, 0.3) is 5.78 Å². The molecule has 3 rings (SSSR count). The first-order chi connectivity index (χ1) is 12.0. The molecule has 1 fully saturated rings. The van der Waals surface area contributed by atoms with E-state index >= 15 is 0 Å². The topological polar surface area (TPSA) is 72.2 Å². The van der Waals surface area contributed by atoms with Crippen LogP contribution >= 0.6 is 11.8 Å². The van der Waals surface area contributed by atoms with Gasteiger partial charge in [0.05, 0.1) is 5.25 Å². The first-order valence-corrected chi connectivity index (χ1v) is 10.1. The van der Waals surface area contributed by atoms with Crippen LogP contribution in [0.3, 0.4) is 0 Å². The number of hydrogen-bond donors (Lipinski definition) is 1. The minimum absolute atomic E-state index is 0.0790. The van der Waals surface area contributed by atoms with Crippen LogP contribution in [0.15, 0.2) is 11.2 Å². The van der Waals surface area contributed by atoms with Crippen LogP contribution in [0.25, 0.3) is 5.78 Å². The number of amides is 1. The van der Waals surface area contributed by atoms with Gasteiger partial charge in [0.15, 0.2) is 0 Å². The number of carbonyl (C=O) groups is 1. The van der Waals surface area contributed by atoms with E-state index in [2.05, 4.69) is 20.4 Å². The molecule has 2 heterocycles. The van der Waals surface area contributed by atoms with Crippen LogP contribution in [-0.2, 0) is 4.79 Å². The molecule has 136 valence electrons. The molecular formula is C18H27N5OS. The standard InChI is InChI=1S/C18H27N5OS/c1-12-11-13(2)23-17(19-12)21-18(22-23)25-14(3)16(24)20-15-9-7-5-4-6-8-10-15/h11,14-15H,4-10H2,1-3H3,(H,20,24). The molecule has 1 unspecified atom stereocenters. The predicted molar refractivity (Wildman–Crippen MR) is 99.8 cm³/mol. The third-order valence-corrected chi connectivity index (χ3v) is 5.65. The molecule has 1 aliphatic carbocycles. The molecule has 2 aromatic rings. The average molecular weight is 362 g/mol. The number of fused-ring (bicyclic) bond motifs is 1. The summed E-state index contributed by atoms with van der Waals surface area (Å²) in [7, 11) is 0.